The summed E-state index contributed by atoms with van der Waals surface area (Å²) in [5.74, 6) is 0.737. The molecule has 0 atom stereocenters. The fourth-order valence-corrected chi connectivity index (χ4v) is 0.421. The molecule has 0 aliphatic heterocycles. The van der Waals surface area contributed by atoms with Crippen molar-refractivity contribution in [2.24, 2.45) is 10.3 Å². The zero-order valence-electron chi connectivity index (χ0n) is 5.00. The number of rotatable bonds is 2. The molecule has 0 radical (unpaired) electrons. The summed E-state index contributed by atoms with van der Waals surface area (Å²) in [6, 6.07) is 0. The van der Waals surface area contributed by atoms with Gasteiger partial charge in [-0.1, -0.05) is 5.22 Å². The summed E-state index contributed by atoms with van der Waals surface area (Å²) in [7, 11) is 1.59. The molecule has 0 spiro atoms. The van der Waals surface area contributed by atoms with E-state index in [9.17, 15) is 0 Å². The van der Waals surface area contributed by atoms with Crippen LogP contribution in [0.2, 0.25) is 0 Å². The van der Waals surface area contributed by atoms with Gasteiger partial charge in [-0.05, 0) is 0 Å². The van der Waals surface area contributed by atoms with Crippen molar-refractivity contribution in [1.29, 1.82) is 0 Å². The minimum Gasteiger partial charge on any atom is -0.330 e. The third kappa shape index (κ3) is 1.52. The fraction of sp³-hybridized carbons (Fsp3) is 0.250. The van der Waals surface area contributed by atoms with E-state index in [2.05, 4.69) is 25.7 Å². The zero-order valence-corrected chi connectivity index (χ0v) is 5.00. The first-order valence-corrected chi connectivity index (χ1v) is 2.46. The standard InChI is InChI=1S/C4H7N5/c1-5-9-8-4-2-6-3-7-4/h2-3H,1H3,(H,5,8)(H,6,7). The maximum Gasteiger partial charge on any atom is 0.145 e. The van der Waals surface area contributed by atoms with E-state index in [0.29, 0.717) is 0 Å². The third-order valence-corrected chi connectivity index (χ3v) is 0.769. The summed E-state index contributed by atoms with van der Waals surface area (Å²) in [6.07, 6.45) is 3.18. The molecule has 0 amide bonds. The lowest BCUT2D eigenvalue weighted by Gasteiger charge is -1.87. The van der Waals surface area contributed by atoms with Crippen molar-refractivity contribution in [3.8, 4) is 0 Å². The van der Waals surface area contributed by atoms with Crippen LogP contribution in [0.3, 0.4) is 0 Å². The van der Waals surface area contributed by atoms with Crippen LogP contribution < -0.4 is 5.43 Å². The summed E-state index contributed by atoms with van der Waals surface area (Å²) < 4.78 is 0. The molecule has 0 aliphatic rings. The number of hydrogen-bond donors (Lipinski definition) is 2. The second-order valence-corrected chi connectivity index (χ2v) is 1.38. The molecule has 5 heteroatoms. The molecule has 0 saturated carbocycles. The van der Waals surface area contributed by atoms with Gasteiger partial charge in [0, 0.05) is 0 Å². The smallest absolute Gasteiger partial charge is 0.145 e. The van der Waals surface area contributed by atoms with E-state index < -0.39 is 0 Å². The highest BCUT2D eigenvalue weighted by Gasteiger charge is 1.84. The second kappa shape index (κ2) is 2.81. The van der Waals surface area contributed by atoms with Crippen molar-refractivity contribution in [3.63, 3.8) is 0 Å². The number of aromatic nitrogens is 2. The van der Waals surface area contributed by atoms with Gasteiger partial charge in [-0.25, -0.2) is 10.4 Å². The Hall–Kier alpha value is -1.39. The van der Waals surface area contributed by atoms with E-state index in [1.54, 1.807) is 19.6 Å². The van der Waals surface area contributed by atoms with E-state index in [4.69, 9.17) is 0 Å². The highest BCUT2D eigenvalue weighted by atomic mass is 15.4. The Kier molecular flexibility index (Phi) is 1.79. The molecular formula is C4H7N5. The van der Waals surface area contributed by atoms with E-state index in [1.165, 1.54) is 0 Å². The van der Waals surface area contributed by atoms with Crippen LogP contribution in [0.1, 0.15) is 0 Å². The Morgan fingerprint density at radius 1 is 1.78 bits per heavy atom. The van der Waals surface area contributed by atoms with Gasteiger partial charge in [-0.2, -0.15) is 5.11 Å². The van der Waals surface area contributed by atoms with Crippen LogP contribution in [0.5, 0.6) is 0 Å². The first-order valence-electron chi connectivity index (χ1n) is 2.46. The maximum absolute atomic E-state index is 3.76. The summed E-state index contributed by atoms with van der Waals surface area (Å²) >= 11 is 0. The molecule has 1 aromatic heterocycles. The SMILES string of the molecule is CN=NNc1cnc[nH]1. The van der Waals surface area contributed by atoms with Gasteiger partial charge in [0.1, 0.15) is 5.82 Å². The van der Waals surface area contributed by atoms with Crippen molar-refractivity contribution in [2.45, 2.75) is 0 Å². The number of nitrogens with one attached hydrogen (secondary N) is 2. The van der Waals surface area contributed by atoms with Gasteiger partial charge in [0.2, 0.25) is 0 Å². The molecule has 1 aromatic rings. The molecule has 5 nitrogen and oxygen atoms in total. The van der Waals surface area contributed by atoms with Crippen LogP contribution >= 0.6 is 0 Å². The van der Waals surface area contributed by atoms with E-state index in [-0.39, 0.29) is 0 Å². The van der Waals surface area contributed by atoms with Gasteiger partial charge in [0.05, 0.1) is 19.6 Å². The predicted molar refractivity (Wildman–Crippen MR) is 33.0 cm³/mol. The normalized spacial score (nSPS) is 10.3. The molecular weight excluding hydrogens is 118 g/mol. The minimum absolute atomic E-state index is 0.737. The van der Waals surface area contributed by atoms with Crippen molar-refractivity contribution in [3.05, 3.63) is 12.5 Å². The molecule has 0 bridgehead atoms. The highest BCUT2D eigenvalue weighted by molar-refractivity contribution is 5.28. The fourth-order valence-electron chi connectivity index (χ4n) is 0.421. The number of H-pyrrole nitrogens is 1. The van der Waals surface area contributed by atoms with Gasteiger partial charge in [0.25, 0.3) is 0 Å². The van der Waals surface area contributed by atoms with E-state index >= 15 is 0 Å². The molecule has 48 valence electrons. The zero-order chi connectivity index (χ0) is 6.53. The molecule has 0 saturated heterocycles. The van der Waals surface area contributed by atoms with Crippen LogP contribution in [0.15, 0.2) is 22.9 Å². The molecule has 2 N–H and O–H groups in total. The Morgan fingerprint density at radius 3 is 3.22 bits per heavy atom. The second-order valence-electron chi connectivity index (χ2n) is 1.38. The molecule has 1 rings (SSSR count). The number of nitrogens with zero attached hydrogens (tertiary/aromatic N) is 3. The van der Waals surface area contributed by atoms with Gasteiger partial charge in [-0.3, -0.25) is 0 Å². The average molecular weight is 125 g/mol. The Bertz CT molecular complexity index is 177. The quantitative estimate of drug-likeness (QED) is 0.454. The molecule has 9 heavy (non-hydrogen) atoms. The first kappa shape index (κ1) is 5.74. The molecule has 0 aliphatic carbocycles. The molecule has 1 heterocycles. The van der Waals surface area contributed by atoms with Gasteiger partial charge in [-0.15, -0.1) is 0 Å². The predicted octanol–water partition coefficient (Wildman–Crippen LogP) is 0.819. The lowest BCUT2D eigenvalue weighted by atomic mass is 10.8. The Morgan fingerprint density at radius 2 is 2.67 bits per heavy atom. The Labute approximate surface area is 52.2 Å². The van der Waals surface area contributed by atoms with E-state index in [0.717, 1.165) is 5.82 Å². The summed E-state index contributed by atoms with van der Waals surface area (Å²) in [5.41, 5.74) is 2.61. The number of imidazole rings is 1. The first-order chi connectivity index (χ1) is 4.43. The molecule has 0 unspecified atom stereocenters. The van der Waals surface area contributed by atoms with Gasteiger partial charge < -0.3 is 4.98 Å². The topological polar surface area (TPSA) is 65.4 Å². The third-order valence-electron chi connectivity index (χ3n) is 0.769. The number of hydrogen-bond acceptors (Lipinski definition) is 3. The lowest BCUT2D eigenvalue weighted by molar-refractivity contribution is 1.07. The van der Waals surface area contributed by atoms with Crippen LogP contribution in [-0.2, 0) is 0 Å². The van der Waals surface area contributed by atoms with Gasteiger partial charge in [0.15, 0.2) is 0 Å². The highest BCUT2D eigenvalue weighted by Crippen LogP contribution is 1.95. The van der Waals surface area contributed by atoms with Crippen molar-refractivity contribution in [2.75, 3.05) is 12.5 Å². The lowest BCUT2D eigenvalue weighted by Crippen LogP contribution is -1.84. The largest absolute Gasteiger partial charge is 0.330 e. The summed E-state index contributed by atoms with van der Waals surface area (Å²) in [5, 5.41) is 6.99. The maximum atomic E-state index is 3.76. The van der Waals surface area contributed by atoms with Crippen LogP contribution in [0.25, 0.3) is 0 Å². The molecule has 0 aromatic carbocycles. The molecule has 0 fully saturated rings. The Balaban J connectivity index is 2.48. The van der Waals surface area contributed by atoms with Crippen LogP contribution in [0, 0.1) is 0 Å². The minimum atomic E-state index is 0.737. The summed E-state index contributed by atoms with van der Waals surface area (Å²) in [4.78, 5) is 6.55. The van der Waals surface area contributed by atoms with Gasteiger partial charge >= 0.3 is 0 Å². The monoisotopic (exact) mass is 125 g/mol. The van der Waals surface area contributed by atoms with Crippen molar-refractivity contribution >= 4 is 5.82 Å². The van der Waals surface area contributed by atoms with Crippen molar-refractivity contribution < 1.29 is 0 Å². The average Bonchev–Trinajstić information content (AvgIpc) is 2.34. The summed E-state index contributed by atoms with van der Waals surface area (Å²) in [6.45, 7) is 0. The van der Waals surface area contributed by atoms with Crippen molar-refractivity contribution in [1.82, 2.24) is 9.97 Å². The van der Waals surface area contributed by atoms with E-state index in [1.807, 2.05) is 0 Å². The number of aromatic amines is 1. The van der Waals surface area contributed by atoms with Crippen LogP contribution in [-0.4, -0.2) is 17.0 Å². The van der Waals surface area contributed by atoms with Crippen LogP contribution in [0.4, 0.5) is 5.82 Å². The number of anilines is 1.